The summed E-state index contributed by atoms with van der Waals surface area (Å²) in [5, 5.41) is 3.37. The number of rotatable bonds is 5. The van der Waals surface area contributed by atoms with Crippen molar-refractivity contribution in [2.75, 3.05) is 13.7 Å². The van der Waals surface area contributed by atoms with Crippen molar-refractivity contribution < 1.29 is 4.74 Å². The second-order valence-corrected chi connectivity index (χ2v) is 4.75. The minimum absolute atomic E-state index is 0.125. The molecule has 0 fully saturated rings. The molecule has 3 heteroatoms. The average Bonchev–Trinajstić information content (AvgIpc) is 2.21. The topological polar surface area (TPSA) is 21.3 Å². The van der Waals surface area contributed by atoms with E-state index in [4.69, 9.17) is 4.74 Å². The Bertz CT molecular complexity index is 284. The van der Waals surface area contributed by atoms with Crippen LogP contribution in [-0.4, -0.2) is 19.7 Å². The van der Waals surface area contributed by atoms with Gasteiger partial charge in [-0.3, -0.25) is 0 Å². The highest BCUT2D eigenvalue weighted by atomic mass is 79.9. The van der Waals surface area contributed by atoms with Gasteiger partial charge in [0.1, 0.15) is 0 Å². The first kappa shape index (κ1) is 12.7. The lowest BCUT2D eigenvalue weighted by Crippen LogP contribution is -2.28. The number of hydrogen-bond donors (Lipinski definition) is 1. The molecule has 1 unspecified atom stereocenters. The molecule has 1 N–H and O–H groups in total. The molecule has 0 saturated heterocycles. The van der Waals surface area contributed by atoms with Gasteiger partial charge >= 0.3 is 0 Å². The maximum absolute atomic E-state index is 5.45. The van der Waals surface area contributed by atoms with Gasteiger partial charge in [0, 0.05) is 24.2 Å². The van der Waals surface area contributed by atoms with Crippen LogP contribution in [0.15, 0.2) is 28.7 Å². The first-order chi connectivity index (χ1) is 7.13. The zero-order valence-electron chi connectivity index (χ0n) is 9.46. The zero-order chi connectivity index (χ0) is 11.3. The van der Waals surface area contributed by atoms with E-state index in [0.717, 1.165) is 11.0 Å². The number of ether oxygens (including phenoxy) is 1. The fourth-order valence-corrected chi connectivity index (χ4v) is 1.62. The van der Waals surface area contributed by atoms with Crippen molar-refractivity contribution in [2.24, 2.45) is 0 Å². The maximum atomic E-state index is 5.45. The summed E-state index contributed by atoms with van der Waals surface area (Å²) in [4.78, 5) is 0. The molecule has 84 valence electrons. The second kappa shape index (κ2) is 6.26. The predicted octanol–water partition coefficient (Wildman–Crippen LogP) is 3.13. The van der Waals surface area contributed by atoms with E-state index in [0.29, 0.717) is 6.04 Å². The number of hydrogen-bond acceptors (Lipinski definition) is 2. The van der Waals surface area contributed by atoms with Crippen molar-refractivity contribution in [2.45, 2.75) is 26.0 Å². The fraction of sp³-hybridized carbons (Fsp3) is 0.500. The monoisotopic (exact) mass is 271 g/mol. The van der Waals surface area contributed by atoms with Crippen LogP contribution in [0.25, 0.3) is 0 Å². The molecule has 0 spiro atoms. The van der Waals surface area contributed by atoms with Gasteiger partial charge in [-0.25, -0.2) is 0 Å². The maximum Gasteiger partial charge on any atom is 0.0945 e. The van der Waals surface area contributed by atoms with Gasteiger partial charge in [-0.1, -0.05) is 41.9 Å². The van der Waals surface area contributed by atoms with Gasteiger partial charge < -0.3 is 10.1 Å². The molecule has 1 aromatic rings. The molecule has 0 amide bonds. The van der Waals surface area contributed by atoms with Crippen LogP contribution >= 0.6 is 15.9 Å². The van der Waals surface area contributed by atoms with Crippen molar-refractivity contribution in [3.63, 3.8) is 0 Å². The molecule has 0 saturated carbocycles. The lowest BCUT2D eigenvalue weighted by atomic mass is 10.1. The second-order valence-electron chi connectivity index (χ2n) is 3.84. The van der Waals surface area contributed by atoms with Crippen LogP contribution in [0.4, 0.5) is 0 Å². The van der Waals surface area contributed by atoms with E-state index in [9.17, 15) is 0 Å². The van der Waals surface area contributed by atoms with Crippen molar-refractivity contribution in [3.8, 4) is 0 Å². The quantitative estimate of drug-likeness (QED) is 0.889. The van der Waals surface area contributed by atoms with E-state index in [1.807, 2.05) is 12.1 Å². The van der Waals surface area contributed by atoms with E-state index in [1.165, 1.54) is 5.56 Å². The number of halogens is 1. The van der Waals surface area contributed by atoms with Gasteiger partial charge in [-0.2, -0.15) is 0 Å². The van der Waals surface area contributed by atoms with E-state index in [-0.39, 0.29) is 6.10 Å². The number of nitrogens with one attached hydrogen (secondary N) is 1. The molecule has 2 nitrogen and oxygen atoms in total. The van der Waals surface area contributed by atoms with E-state index >= 15 is 0 Å². The molecular weight excluding hydrogens is 254 g/mol. The standard InChI is InChI=1S/C12H18BrNO/c1-9(2)14-8-12(15-3)10-4-6-11(13)7-5-10/h4-7,9,12,14H,8H2,1-3H3. The number of methoxy groups -OCH3 is 1. The molecule has 1 atom stereocenters. The predicted molar refractivity (Wildman–Crippen MR) is 67.0 cm³/mol. The molecule has 0 aliphatic rings. The van der Waals surface area contributed by atoms with Crippen LogP contribution in [0, 0.1) is 0 Å². The summed E-state index contributed by atoms with van der Waals surface area (Å²) in [6.07, 6.45) is 0.125. The molecule has 0 heterocycles. The van der Waals surface area contributed by atoms with Crippen LogP contribution < -0.4 is 5.32 Å². The van der Waals surface area contributed by atoms with Crippen molar-refractivity contribution in [1.82, 2.24) is 5.32 Å². The summed E-state index contributed by atoms with van der Waals surface area (Å²) in [5.41, 5.74) is 1.20. The molecule has 1 aromatic carbocycles. The van der Waals surface area contributed by atoms with Crippen LogP contribution in [0.3, 0.4) is 0 Å². The van der Waals surface area contributed by atoms with Gasteiger partial charge in [0.15, 0.2) is 0 Å². The molecular formula is C12H18BrNO. The highest BCUT2D eigenvalue weighted by Gasteiger charge is 2.10. The zero-order valence-corrected chi connectivity index (χ0v) is 11.0. The third-order valence-electron chi connectivity index (χ3n) is 2.24. The summed E-state index contributed by atoms with van der Waals surface area (Å²) >= 11 is 3.42. The Morgan fingerprint density at radius 2 is 1.87 bits per heavy atom. The summed E-state index contributed by atoms with van der Waals surface area (Å²) in [6.45, 7) is 5.11. The molecule has 0 radical (unpaired) electrons. The smallest absolute Gasteiger partial charge is 0.0945 e. The molecule has 0 aliphatic heterocycles. The Morgan fingerprint density at radius 3 is 2.33 bits per heavy atom. The SMILES string of the molecule is COC(CNC(C)C)c1ccc(Br)cc1. The molecule has 0 aliphatic carbocycles. The average molecular weight is 272 g/mol. The molecule has 0 aromatic heterocycles. The third-order valence-corrected chi connectivity index (χ3v) is 2.77. The van der Waals surface area contributed by atoms with Crippen molar-refractivity contribution in [1.29, 1.82) is 0 Å². The van der Waals surface area contributed by atoms with Crippen LogP contribution in [-0.2, 0) is 4.74 Å². The molecule has 1 rings (SSSR count). The Labute approximate surface area is 100 Å². The fourth-order valence-electron chi connectivity index (χ4n) is 1.36. The Morgan fingerprint density at radius 1 is 1.27 bits per heavy atom. The number of benzene rings is 1. The Balaban J connectivity index is 2.61. The molecule has 0 bridgehead atoms. The summed E-state index contributed by atoms with van der Waals surface area (Å²) < 4.78 is 6.54. The van der Waals surface area contributed by atoms with Gasteiger partial charge in [0.05, 0.1) is 6.10 Å². The van der Waals surface area contributed by atoms with E-state index < -0.39 is 0 Å². The van der Waals surface area contributed by atoms with Gasteiger partial charge in [-0.15, -0.1) is 0 Å². The summed E-state index contributed by atoms with van der Waals surface area (Å²) in [5.74, 6) is 0. The highest BCUT2D eigenvalue weighted by Crippen LogP contribution is 2.18. The normalized spacial score (nSPS) is 13.1. The van der Waals surface area contributed by atoms with Crippen LogP contribution in [0.2, 0.25) is 0 Å². The third kappa shape index (κ3) is 4.33. The van der Waals surface area contributed by atoms with Gasteiger partial charge in [-0.05, 0) is 17.7 Å². The Kier molecular flexibility index (Phi) is 5.29. The van der Waals surface area contributed by atoms with Gasteiger partial charge in [0.2, 0.25) is 0 Å². The lowest BCUT2D eigenvalue weighted by Gasteiger charge is -2.18. The summed E-state index contributed by atoms with van der Waals surface area (Å²) in [7, 11) is 1.74. The van der Waals surface area contributed by atoms with Gasteiger partial charge in [0.25, 0.3) is 0 Å². The first-order valence-electron chi connectivity index (χ1n) is 5.15. The first-order valence-corrected chi connectivity index (χ1v) is 5.94. The van der Waals surface area contributed by atoms with Crippen LogP contribution in [0.5, 0.6) is 0 Å². The van der Waals surface area contributed by atoms with E-state index in [1.54, 1.807) is 7.11 Å². The largest absolute Gasteiger partial charge is 0.375 e. The minimum Gasteiger partial charge on any atom is -0.375 e. The lowest BCUT2D eigenvalue weighted by molar-refractivity contribution is 0.100. The van der Waals surface area contributed by atoms with Crippen LogP contribution in [0.1, 0.15) is 25.5 Å². The van der Waals surface area contributed by atoms with Crippen molar-refractivity contribution in [3.05, 3.63) is 34.3 Å². The highest BCUT2D eigenvalue weighted by molar-refractivity contribution is 9.10. The molecule has 15 heavy (non-hydrogen) atoms. The minimum atomic E-state index is 0.125. The summed E-state index contributed by atoms with van der Waals surface area (Å²) in [6, 6.07) is 8.73. The van der Waals surface area contributed by atoms with Crippen molar-refractivity contribution >= 4 is 15.9 Å². The Hall–Kier alpha value is -0.380. The van der Waals surface area contributed by atoms with E-state index in [2.05, 4.69) is 47.2 Å².